The van der Waals surface area contributed by atoms with Gasteiger partial charge in [-0.25, -0.2) is 8.42 Å². The molecule has 0 unspecified atom stereocenters. The Labute approximate surface area is 172 Å². The molecule has 5 rings (SSSR count). The van der Waals surface area contributed by atoms with Crippen LogP contribution >= 0.6 is 0 Å². The van der Waals surface area contributed by atoms with Gasteiger partial charge in [0.2, 0.25) is 0 Å². The zero-order chi connectivity index (χ0) is 20.2. The van der Waals surface area contributed by atoms with Crippen LogP contribution < -0.4 is 4.90 Å². The highest BCUT2D eigenvalue weighted by Crippen LogP contribution is 2.52. The summed E-state index contributed by atoms with van der Waals surface area (Å²) in [6.45, 7) is 4.48. The van der Waals surface area contributed by atoms with Gasteiger partial charge in [-0.3, -0.25) is 0 Å². The average molecular weight is 400 g/mol. The van der Waals surface area contributed by atoms with Crippen LogP contribution in [-0.2, 0) is 16.1 Å². The van der Waals surface area contributed by atoms with Crippen molar-refractivity contribution >= 4 is 38.5 Å². The van der Waals surface area contributed by atoms with E-state index < -0.39 is 10.7 Å². The largest absolute Gasteiger partial charge is 0.309 e. The van der Waals surface area contributed by atoms with Crippen LogP contribution in [0.5, 0.6) is 0 Å². The maximum absolute atomic E-state index is 12.1. The third-order valence-electron chi connectivity index (χ3n) is 5.93. The first kappa shape index (κ1) is 18.0. The molecule has 0 aliphatic carbocycles. The molecular weight excluding hydrogens is 378 g/mol. The van der Waals surface area contributed by atoms with Gasteiger partial charge in [0, 0.05) is 10.8 Å². The number of hydrogen-bond donors (Lipinski definition) is 1. The van der Waals surface area contributed by atoms with Crippen molar-refractivity contribution in [2.24, 2.45) is 0 Å². The summed E-state index contributed by atoms with van der Waals surface area (Å²) in [5, 5.41) is 1.68. The maximum atomic E-state index is 12.1. The Morgan fingerprint density at radius 2 is 1.17 bits per heavy atom. The molecule has 144 valence electrons. The van der Waals surface area contributed by atoms with E-state index in [4.69, 9.17) is 0 Å². The SMILES string of the molecule is CC1(C)c2ccccc2N(c2cccc3cccc([SH](=O)=O)c23)c2ccccc21. The van der Waals surface area contributed by atoms with E-state index in [1.54, 1.807) is 12.1 Å². The maximum Gasteiger partial charge on any atom is 0.168 e. The third kappa shape index (κ3) is 2.60. The van der Waals surface area contributed by atoms with E-state index in [-0.39, 0.29) is 5.41 Å². The number of nitrogens with zero attached hydrogens (tertiary/aromatic N) is 1. The highest BCUT2D eigenvalue weighted by Gasteiger charge is 2.36. The first-order chi connectivity index (χ1) is 14.0. The van der Waals surface area contributed by atoms with Gasteiger partial charge in [0.25, 0.3) is 0 Å². The second-order valence-electron chi connectivity index (χ2n) is 7.90. The van der Waals surface area contributed by atoms with Crippen LogP contribution in [0.3, 0.4) is 0 Å². The molecule has 29 heavy (non-hydrogen) atoms. The first-order valence-corrected chi connectivity index (χ1v) is 10.8. The van der Waals surface area contributed by atoms with Crippen LogP contribution in [0.2, 0.25) is 0 Å². The van der Waals surface area contributed by atoms with Gasteiger partial charge in [-0.2, -0.15) is 0 Å². The number of benzene rings is 4. The summed E-state index contributed by atoms with van der Waals surface area (Å²) in [4.78, 5) is 2.56. The van der Waals surface area contributed by atoms with Crippen LogP contribution in [0.1, 0.15) is 25.0 Å². The quantitative estimate of drug-likeness (QED) is 0.425. The van der Waals surface area contributed by atoms with E-state index in [2.05, 4.69) is 55.1 Å². The number of fused-ring (bicyclic) bond motifs is 3. The zero-order valence-electron chi connectivity index (χ0n) is 16.3. The van der Waals surface area contributed by atoms with E-state index >= 15 is 0 Å². The van der Waals surface area contributed by atoms with Gasteiger partial charge >= 0.3 is 0 Å². The third-order valence-corrected chi connectivity index (χ3v) is 6.70. The van der Waals surface area contributed by atoms with Crippen molar-refractivity contribution < 1.29 is 8.42 Å². The van der Waals surface area contributed by atoms with Crippen molar-refractivity contribution in [2.45, 2.75) is 24.2 Å². The Bertz CT molecular complexity index is 1270. The lowest BCUT2D eigenvalue weighted by molar-refractivity contribution is 0.615. The molecule has 0 amide bonds. The molecule has 0 spiro atoms. The Kier molecular flexibility index (Phi) is 4.00. The Hall–Kier alpha value is -3.11. The monoisotopic (exact) mass is 399 g/mol. The van der Waals surface area contributed by atoms with Gasteiger partial charge in [0.05, 0.1) is 22.0 Å². The lowest BCUT2D eigenvalue weighted by Gasteiger charge is -2.42. The first-order valence-electron chi connectivity index (χ1n) is 9.65. The molecule has 3 nitrogen and oxygen atoms in total. The molecule has 4 heteroatoms. The van der Waals surface area contributed by atoms with E-state index in [1.165, 1.54) is 11.1 Å². The molecular formula is C25H21NO2S. The molecule has 0 radical (unpaired) electrons. The van der Waals surface area contributed by atoms with E-state index in [0.717, 1.165) is 27.8 Å². The van der Waals surface area contributed by atoms with Crippen LogP contribution in [-0.4, -0.2) is 8.42 Å². The molecule has 0 N–H and O–H groups in total. The molecule has 0 bridgehead atoms. The van der Waals surface area contributed by atoms with Crippen LogP contribution in [0.4, 0.5) is 17.1 Å². The van der Waals surface area contributed by atoms with Gasteiger partial charge in [0.15, 0.2) is 10.7 Å². The molecule has 0 saturated heterocycles. The molecule has 0 fully saturated rings. The van der Waals surface area contributed by atoms with Gasteiger partial charge in [-0.05, 0) is 40.8 Å². The summed E-state index contributed by atoms with van der Waals surface area (Å²) in [7, 11) is -2.71. The number of para-hydroxylation sites is 2. The van der Waals surface area contributed by atoms with Crippen LogP contribution in [0, 0.1) is 0 Å². The summed E-state index contributed by atoms with van der Waals surface area (Å²) in [5.41, 5.74) is 5.34. The second kappa shape index (κ2) is 6.46. The van der Waals surface area contributed by atoms with E-state index in [9.17, 15) is 8.42 Å². The van der Waals surface area contributed by atoms with Crippen molar-refractivity contribution in [3.8, 4) is 0 Å². The topological polar surface area (TPSA) is 37.4 Å². The lowest BCUT2D eigenvalue weighted by Crippen LogP contribution is -2.30. The van der Waals surface area contributed by atoms with Gasteiger partial charge in [-0.15, -0.1) is 0 Å². The fourth-order valence-electron chi connectivity index (χ4n) is 4.57. The molecule has 1 aliphatic rings. The summed E-state index contributed by atoms with van der Waals surface area (Å²) in [6.07, 6.45) is 0. The Morgan fingerprint density at radius 1 is 0.655 bits per heavy atom. The molecule has 1 heterocycles. The summed E-state index contributed by atoms with van der Waals surface area (Å²) in [5.74, 6) is 0. The molecule has 4 aromatic rings. The molecule has 4 aromatic carbocycles. The molecule has 0 atom stereocenters. The van der Waals surface area contributed by atoms with Gasteiger partial charge in [-0.1, -0.05) is 74.5 Å². The summed E-state index contributed by atoms with van der Waals surface area (Å²) >= 11 is 0. The van der Waals surface area contributed by atoms with Gasteiger partial charge in [0.1, 0.15) is 0 Å². The minimum absolute atomic E-state index is 0.152. The van der Waals surface area contributed by atoms with Crippen molar-refractivity contribution in [2.75, 3.05) is 4.90 Å². The Balaban J connectivity index is 1.92. The minimum atomic E-state index is -2.71. The number of rotatable bonds is 2. The highest BCUT2D eigenvalue weighted by molar-refractivity contribution is 7.72. The number of thiol groups is 1. The van der Waals surface area contributed by atoms with E-state index in [0.29, 0.717) is 4.90 Å². The summed E-state index contributed by atoms with van der Waals surface area (Å²) in [6, 6.07) is 28.2. The summed E-state index contributed by atoms with van der Waals surface area (Å²) < 4.78 is 24.1. The van der Waals surface area contributed by atoms with Crippen molar-refractivity contribution in [3.63, 3.8) is 0 Å². The van der Waals surface area contributed by atoms with Crippen LogP contribution in [0.25, 0.3) is 10.8 Å². The number of hydrogen-bond acceptors (Lipinski definition) is 3. The minimum Gasteiger partial charge on any atom is -0.309 e. The van der Waals surface area contributed by atoms with Crippen LogP contribution in [0.15, 0.2) is 89.8 Å². The highest BCUT2D eigenvalue weighted by atomic mass is 32.2. The zero-order valence-corrected chi connectivity index (χ0v) is 17.2. The fourth-order valence-corrected chi connectivity index (χ4v) is 5.20. The average Bonchev–Trinajstić information content (AvgIpc) is 2.73. The number of anilines is 3. The predicted molar refractivity (Wildman–Crippen MR) is 119 cm³/mol. The Morgan fingerprint density at radius 3 is 1.76 bits per heavy atom. The van der Waals surface area contributed by atoms with Crippen molar-refractivity contribution in [1.82, 2.24) is 0 Å². The van der Waals surface area contributed by atoms with Gasteiger partial charge < -0.3 is 4.90 Å². The lowest BCUT2D eigenvalue weighted by atomic mass is 9.73. The van der Waals surface area contributed by atoms with E-state index in [1.807, 2.05) is 36.4 Å². The molecule has 0 saturated carbocycles. The fraction of sp³-hybridized carbons (Fsp3) is 0.120. The molecule has 0 aromatic heterocycles. The van der Waals surface area contributed by atoms with Crippen molar-refractivity contribution in [3.05, 3.63) is 96.1 Å². The second-order valence-corrected chi connectivity index (χ2v) is 8.90. The predicted octanol–water partition coefficient (Wildman–Crippen LogP) is 5.92. The standard InChI is InChI=1S/C25H21NO2S/c1-25(2)18-11-3-5-13-20(18)26(21-14-6-4-12-19(21)25)22-15-7-9-17-10-8-16-23(24(17)22)29(27)28/h3-16,29H,1-2H3. The smallest absolute Gasteiger partial charge is 0.168 e. The normalized spacial score (nSPS) is 14.7. The van der Waals surface area contributed by atoms with Crippen molar-refractivity contribution in [1.29, 1.82) is 0 Å². The molecule has 1 aliphatic heterocycles.